The first-order chi connectivity index (χ1) is 6.54. The van der Waals surface area contributed by atoms with Gasteiger partial charge in [0.25, 0.3) is 0 Å². The molecule has 0 aliphatic heterocycles. The lowest BCUT2D eigenvalue weighted by Crippen LogP contribution is -2.36. The van der Waals surface area contributed by atoms with E-state index in [1.165, 1.54) is 0 Å². The van der Waals surface area contributed by atoms with Crippen LogP contribution in [0.15, 0.2) is 0 Å². The van der Waals surface area contributed by atoms with Gasteiger partial charge in [-0.15, -0.1) is 0 Å². The maximum Gasteiger partial charge on any atom is 0.150 e. The highest BCUT2D eigenvalue weighted by Crippen LogP contribution is 2.34. The zero-order valence-electron chi connectivity index (χ0n) is 8.62. The summed E-state index contributed by atoms with van der Waals surface area (Å²) >= 11 is 0. The van der Waals surface area contributed by atoms with Crippen LogP contribution in [0.1, 0.15) is 26.2 Å². The van der Waals surface area contributed by atoms with Crippen LogP contribution in [0.3, 0.4) is 0 Å². The Labute approximate surface area is 85.6 Å². The molecule has 0 saturated heterocycles. The Bertz CT molecular complexity index is 270. The molecule has 0 heterocycles. The van der Waals surface area contributed by atoms with Crippen LogP contribution < -0.4 is 5.32 Å². The molecule has 2 N–H and O–H groups in total. The van der Waals surface area contributed by atoms with E-state index in [9.17, 15) is 8.42 Å². The molecule has 1 saturated carbocycles. The smallest absolute Gasteiger partial charge is 0.150 e. The first kappa shape index (κ1) is 11.9. The second-order valence-corrected chi connectivity index (χ2v) is 6.43. The number of hydrogen-bond acceptors (Lipinski definition) is 4. The van der Waals surface area contributed by atoms with Crippen LogP contribution >= 0.6 is 0 Å². The van der Waals surface area contributed by atoms with Crippen LogP contribution in [0.4, 0.5) is 0 Å². The van der Waals surface area contributed by atoms with E-state index < -0.39 is 9.84 Å². The second-order valence-electron chi connectivity index (χ2n) is 3.96. The van der Waals surface area contributed by atoms with Gasteiger partial charge in [0.15, 0.2) is 0 Å². The summed E-state index contributed by atoms with van der Waals surface area (Å²) in [4.78, 5) is 0. The van der Waals surface area contributed by atoms with Gasteiger partial charge in [0, 0.05) is 11.3 Å². The monoisotopic (exact) mass is 221 g/mol. The highest BCUT2D eigenvalue weighted by atomic mass is 32.2. The molecule has 0 atom stereocenters. The molecule has 1 fully saturated rings. The van der Waals surface area contributed by atoms with Gasteiger partial charge in [-0.1, -0.05) is 6.92 Å². The van der Waals surface area contributed by atoms with E-state index in [1.54, 1.807) is 6.92 Å². The molecule has 1 aliphatic rings. The molecule has 0 aromatic heterocycles. The molecular weight excluding hydrogens is 202 g/mol. The van der Waals surface area contributed by atoms with Crippen molar-refractivity contribution in [3.8, 4) is 0 Å². The second kappa shape index (κ2) is 4.59. The Kier molecular flexibility index (Phi) is 3.92. The van der Waals surface area contributed by atoms with Crippen molar-refractivity contribution >= 4 is 9.84 Å². The van der Waals surface area contributed by atoms with Crippen molar-refractivity contribution in [3.05, 3.63) is 0 Å². The largest absolute Gasteiger partial charge is 0.394 e. The van der Waals surface area contributed by atoms with Gasteiger partial charge in [0.2, 0.25) is 0 Å². The quantitative estimate of drug-likeness (QED) is 0.590. The summed E-state index contributed by atoms with van der Waals surface area (Å²) in [5, 5.41) is 12.2. The fourth-order valence-corrected chi connectivity index (χ4v) is 2.20. The standard InChI is InChI=1S/C9H19NO3S/c1-2-14(12,13)7-3-6-10-9(8-11)4-5-9/h10-11H,2-8H2,1H3. The topological polar surface area (TPSA) is 66.4 Å². The Morgan fingerprint density at radius 2 is 2.07 bits per heavy atom. The van der Waals surface area contributed by atoms with Gasteiger partial charge in [-0.25, -0.2) is 8.42 Å². The van der Waals surface area contributed by atoms with E-state index in [2.05, 4.69) is 5.32 Å². The highest BCUT2D eigenvalue weighted by molar-refractivity contribution is 7.91. The molecular formula is C9H19NO3S. The van der Waals surface area contributed by atoms with Crippen LogP contribution in [0, 0.1) is 0 Å². The molecule has 1 aliphatic carbocycles. The number of aliphatic hydroxyl groups is 1. The average molecular weight is 221 g/mol. The zero-order valence-corrected chi connectivity index (χ0v) is 9.44. The van der Waals surface area contributed by atoms with Gasteiger partial charge in [-0.05, 0) is 25.8 Å². The third-order valence-electron chi connectivity index (χ3n) is 2.73. The first-order valence-electron chi connectivity index (χ1n) is 5.10. The van der Waals surface area contributed by atoms with Gasteiger partial charge in [0.1, 0.15) is 9.84 Å². The van der Waals surface area contributed by atoms with Crippen molar-refractivity contribution in [3.63, 3.8) is 0 Å². The average Bonchev–Trinajstić information content (AvgIpc) is 2.94. The molecule has 1 rings (SSSR count). The number of nitrogens with one attached hydrogen (secondary N) is 1. The van der Waals surface area contributed by atoms with Crippen LogP contribution in [0.2, 0.25) is 0 Å². The number of aliphatic hydroxyl groups excluding tert-OH is 1. The third-order valence-corrected chi connectivity index (χ3v) is 4.52. The van der Waals surface area contributed by atoms with Gasteiger partial charge >= 0.3 is 0 Å². The van der Waals surface area contributed by atoms with E-state index in [0.717, 1.165) is 12.8 Å². The maximum absolute atomic E-state index is 11.1. The number of sulfone groups is 1. The molecule has 0 spiro atoms. The molecule has 0 unspecified atom stereocenters. The lowest BCUT2D eigenvalue weighted by atomic mass is 10.3. The van der Waals surface area contributed by atoms with Gasteiger partial charge in [-0.3, -0.25) is 0 Å². The Morgan fingerprint density at radius 3 is 2.50 bits per heavy atom. The maximum atomic E-state index is 11.1. The molecule has 0 aromatic rings. The zero-order chi connectivity index (χ0) is 10.7. The molecule has 5 heteroatoms. The van der Waals surface area contributed by atoms with E-state index in [0.29, 0.717) is 13.0 Å². The minimum Gasteiger partial charge on any atom is -0.394 e. The molecule has 0 radical (unpaired) electrons. The van der Waals surface area contributed by atoms with E-state index in [-0.39, 0.29) is 23.7 Å². The summed E-state index contributed by atoms with van der Waals surface area (Å²) in [6, 6.07) is 0. The minimum atomic E-state index is -2.83. The van der Waals surface area contributed by atoms with Crippen molar-refractivity contribution in [1.82, 2.24) is 5.32 Å². The molecule has 0 aromatic carbocycles. The predicted molar refractivity (Wildman–Crippen MR) is 56.0 cm³/mol. The Balaban J connectivity index is 2.11. The van der Waals surface area contributed by atoms with Crippen LogP contribution in [-0.2, 0) is 9.84 Å². The molecule has 14 heavy (non-hydrogen) atoms. The number of hydrogen-bond donors (Lipinski definition) is 2. The van der Waals surface area contributed by atoms with Crippen molar-refractivity contribution in [2.75, 3.05) is 24.7 Å². The van der Waals surface area contributed by atoms with Crippen LogP contribution in [0.5, 0.6) is 0 Å². The predicted octanol–water partition coefficient (Wildman–Crippen LogP) is -0.0743. The Morgan fingerprint density at radius 1 is 1.43 bits per heavy atom. The van der Waals surface area contributed by atoms with Gasteiger partial charge in [0.05, 0.1) is 12.4 Å². The minimum absolute atomic E-state index is 0.0734. The summed E-state index contributed by atoms with van der Waals surface area (Å²) in [5.74, 6) is 0.468. The van der Waals surface area contributed by atoms with Gasteiger partial charge < -0.3 is 10.4 Å². The summed E-state index contributed by atoms with van der Waals surface area (Å²) in [6.07, 6.45) is 2.64. The van der Waals surface area contributed by atoms with Crippen molar-refractivity contribution in [2.24, 2.45) is 0 Å². The summed E-state index contributed by atoms with van der Waals surface area (Å²) in [6.45, 7) is 2.51. The van der Waals surface area contributed by atoms with Crippen LogP contribution in [0.25, 0.3) is 0 Å². The SMILES string of the molecule is CCS(=O)(=O)CCCNC1(CO)CC1. The lowest BCUT2D eigenvalue weighted by molar-refractivity contribution is 0.231. The van der Waals surface area contributed by atoms with Gasteiger partial charge in [-0.2, -0.15) is 0 Å². The van der Waals surface area contributed by atoms with E-state index >= 15 is 0 Å². The van der Waals surface area contributed by atoms with E-state index in [4.69, 9.17) is 5.11 Å². The van der Waals surface area contributed by atoms with Crippen molar-refractivity contribution < 1.29 is 13.5 Å². The van der Waals surface area contributed by atoms with Crippen LogP contribution in [-0.4, -0.2) is 43.7 Å². The van der Waals surface area contributed by atoms with E-state index in [1.807, 2.05) is 0 Å². The van der Waals surface area contributed by atoms with Crippen molar-refractivity contribution in [1.29, 1.82) is 0 Å². The number of rotatable bonds is 7. The summed E-state index contributed by atoms with van der Waals surface area (Å²) in [5.41, 5.74) is -0.0734. The molecule has 0 amide bonds. The normalized spacial score (nSPS) is 19.6. The first-order valence-corrected chi connectivity index (χ1v) is 6.92. The third kappa shape index (κ3) is 3.55. The Hall–Kier alpha value is -0.130. The molecule has 84 valence electrons. The fraction of sp³-hybridized carbons (Fsp3) is 1.00. The van der Waals surface area contributed by atoms with Crippen molar-refractivity contribution in [2.45, 2.75) is 31.7 Å². The summed E-state index contributed by atoms with van der Waals surface area (Å²) in [7, 11) is -2.83. The fourth-order valence-electron chi connectivity index (χ4n) is 1.33. The lowest BCUT2D eigenvalue weighted by Gasteiger charge is -2.13. The highest BCUT2D eigenvalue weighted by Gasteiger charge is 2.41. The molecule has 0 bridgehead atoms. The summed E-state index contributed by atoms with van der Waals surface area (Å²) < 4.78 is 22.3. The molecule has 4 nitrogen and oxygen atoms in total.